The van der Waals surface area contributed by atoms with Gasteiger partial charge < -0.3 is 19.7 Å². The molecule has 3 aliphatic rings. The van der Waals surface area contributed by atoms with Gasteiger partial charge in [-0.3, -0.25) is 4.79 Å². The summed E-state index contributed by atoms with van der Waals surface area (Å²) < 4.78 is 11.2. The molecule has 0 radical (unpaired) electrons. The number of halogens is 1. The van der Waals surface area contributed by atoms with Gasteiger partial charge in [-0.05, 0) is 55.3 Å². The highest BCUT2D eigenvalue weighted by Crippen LogP contribution is 2.37. The third-order valence-corrected chi connectivity index (χ3v) is 5.74. The van der Waals surface area contributed by atoms with Gasteiger partial charge in [0.1, 0.15) is 13.2 Å². The van der Waals surface area contributed by atoms with Crippen molar-refractivity contribution in [2.75, 3.05) is 39.4 Å². The number of likely N-dealkylation sites (tertiary alicyclic amines) is 1. The Labute approximate surface area is 155 Å². The van der Waals surface area contributed by atoms with E-state index in [-0.39, 0.29) is 18.3 Å². The maximum Gasteiger partial charge on any atom is 0.222 e. The molecule has 0 unspecified atom stereocenters. The molecule has 138 valence electrons. The molecule has 4 rings (SSSR count). The van der Waals surface area contributed by atoms with Crippen molar-refractivity contribution in [1.29, 1.82) is 0 Å². The Kier molecular flexibility index (Phi) is 5.74. The van der Waals surface area contributed by atoms with Crippen LogP contribution < -0.4 is 14.8 Å². The Bertz CT molecular complexity index is 607. The number of hydrogen-bond acceptors (Lipinski definition) is 4. The first kappa shape index (κ1) is 18.3. The van der Waals surface area contributed by atoms with Crippen LogP contribution in [0.15, 0.2) is 18.2 Å². The lowest BCUT2D eigenvalue weighted by Crippen LogP contribution is -2.44. The first-order valence-corrected chi connectivity index (χ1v) is 9.11. The van der Waals surface area contributed by atoms with Crippen molar-refractivity contribution in [2.24, 2.45) is 5.41 Å². The van der Waals surface area contributed by atoms with E-state index in [2.05, 4.69) is 10.2 Å². The minimum atomic E-state index is 0. The van der Waals surface area contributed by atoms with Crippen molar-refractivity contribution < 1.29 is 14.3 Å². The molecule has 1 spiro atoms. The van der Waals surface area contributed by atoms with E-state index < -0.39 is 0 Å². The topological polar surface area (TPSA) is 50.8 Å². The summed E-state index contributed by atoms with van der Waals surface area (Å²) in [5.74, 6) is 1.90. The van der Waals surface area contributed by atoms with E-state index >= 15 is 0 Å². The smallest absolute Gasteiger partial charge is 0.222 e. The van der Waals surface area contributed by atoms with Gasteiger partial charge in [-0.25, -0.2) is 0 Å². The molecule has 2 saturated heterocycles. The average molecular weight is 367 g/mol. The second-order valence-electron chi connectivity index (χ2n) is 7.29. The van der Waals surface area contributed by atoms with Crippen molar-refractivity contribution in [3.63, 3.8) is 0 Å². The standard InChI is InChI=1S/C19H26N2O3.ClH/c22-18(21-9-6-19(7-10-21)5-8-20-14-19)4-2-15-1-3-16-17(13-15)24-12-11-23-16;/h1,3,13,20H,2,4-12,14H2;1H. The molecule has 0 aliphatic carbocycles. The van der Waals surface area contributed by atoms with Gasteiger partial charge in [0.2, 0.25) is 5.91 Å². The van der Waals surface area contributed by atoms with Crippen LogP contribution in [0.2, 0.25) is 0 Å². The van der Waals surface area contributed by atoms with E-state index in [4.69, 9.17) is 9.47 Å². The number of nitrogens with zero attached hydrogens (tertiary/aromatic N) is 1. The normalized spacial score (nSPS) is 21.0. The Morgan fingerprint density at radius 3 is 2.60 bits per heavy atom. The molecule has 1 aromatic rings. The number of ether oxygens (including phenoxy) is 2. The van der Waals surface area contributed by atoms with Crippen molar-refractivity contribution in [3.05, 3.63) is 23.8 Å². The molecule has 1 N–H and O–H groups in total. The third-order valence-electron chi connectivity index (χ3n) is 5.74. The molecule has 0 aromatic heterocycles. The van der Waals surface area contributed by atoms with Crippen molar-refractivity contribution in [2.45, 2.75) is 32.1 Å². The van der Waals surface area contributed by atoms with Gasteiger partial charge in [0.25, 0.3) is 0 Å². The van der Waals surface area contributed by atoms with Gasteiger partial charge in [0.15, 0.2) is 11.5 Å². The number of carbonyl (C=O) groups is 1. The van der Waals surface area contributed by atoms with Crippen LogP contribution >= 0.6 is 12.4 Å². The number of nitrogens with one attached hydrogen (secondary N) is 1. The summed E-state index contributed by atoms with van der Waals surface area (Å²) in [4.78, 5) is 14.6. The van der Waals surface area contributed by atoms with Crippen LogP contribution in [0, 0.1) is 5.41 Å². The summed E-state index contributed by atoms with van der Waals surface area (Å²) >= 11 is 0. The number of carbonyl (C=O) groups excluding carboxylic acids is 1. The van der Waals surface area contributed by atoms with E-state index in [1.54, 1.807) is 0 Å². The molecule has 6 heteroatoms. The second kappa shape index (κ2) is 7.83. The summed E-state index contributed by atoms with van der Waals surface area (Å²) in [7, 11) is 0. The Balaban J connectivity index is 0.00000182. The predicted molar refractivity (Wildman–Crippen MR) is 98.7 cm³/mol. The van der Waals surface area contributed by atoms with Crippen LogP contribution in [-0.2, 0) is 11.2 Å². The third kappa shape index (κ3) is 4.04. The molecule has 0 bridgehead atoms. The van der Waals surface area contributed by atoms with Gasteiger partial charge in [0, 0.05) is 26.1 Å². The predicted octanol–water partition coefficient (Wildman–Crippen LogP) is 2.41. The maximum absolute atomic E-state index is 12.5. The van der Waals surface area contributed by atoms with Gasteiger partial charge in [-0.15, -0.1) is 12.4 Å². The lowest BCUT2D eigenvalue weighted by atomic mass is 9.78. The lowest BCUT2D eigenvalue weighted by Gasteiger charge is -2.39. The van der Waals surface area contributed by atoms with E-state index in [9.17, 15) is 4.79 Å². The largest absolute Gasteiger partial charge is 0.486 e. The van der Waals surface area contributed by atoms with E-state index in [0.717, 1.165) is 62.5 Å². The number of hydrogen-bond donors (Lipinski definition) is 1. The lowest BCUT2D eigenvalue weighted by molar-refractivity contribution is -0.133. The molecular weight excluding hydrogens is 340 g/mol. The van der Waals surface area contributed by atoms with Crippen molar-refractivity contribution >= 4 is 18.3 Å². The number of amides is 1. The molecule has 1 amide bonds. The number of fused-ring (bicyclic) bond motifs is 1. The Morgan fingerprint density at radius 1 is 1.12 bits per heavy atom. The summed E-state index contributed by atoms with van der Waals surface area (Å²) in [6.07, 6.45) is 4.90. The molecular formula is C19H27ClN2O3. The fraction of sp³-hybridized carbons (Fsp3) is 0.632. The quantitative estimate of drug-likeness (QED) is 0.892. The zero-order chi connectivity index (χ0) is 16.4. The molecule has 0 atom stereocenters. The fourth-order valence-corrected chi connectivity index (χ4v) is 4.11. The highest BCUT2D eigenvalue weighted by molar-refractivity contribution is 5.85. The minimum Gasteiger partial charge on any atom is -0.486 e. The maximum atomic E-state index is 12.5. The number of aryl methyl sites for hydroxylation is 1. The first-order valence-electron chi connectivity index (χ1n) is 9.11. The van der Waals surface area contributed by atoms with Crippen LogP contribution in [0.4, 0.5) is 0 Å². The molecule has 3 aliphatic heterocycles. The average Bonchev–Trinajstić information content (AvgIpc) is 3.08. The van der Waals surface area contributed by atoms with Crippen LogP contribution in [0.1, 0.15) is 31.2 Å². The van der Waals surface area contributed by atoms with Crippen molar-refractivity contribution in [1.82, 2.24) is 10.2 Å². The zero-order valence-corrected chi connectivity index (χ0v) is 15.4. The Morgan fingerprint density at radius 2 is 1.88 bits per heavy atom. The molecule has 0 saturated carbocycles. The van der Waals surface area contributed by atoms with Crippen molar-refractivity contribution in [3.8, 4) is 11.5 Å². The second-order valence-corrected chi connectivity index (χ2v) is 7.29. The summed E-state index contributed by atoms with van der Waals surface area (Å²) in [6.45, 7) is 5.31. The molecule has 5 nitrogen and oxygen atoms in total. The minimum absolute atomic E-state index is 0. The molecule has 25 heavy (non-hydrogen) atoms. The van der Waals surface area contributed by atoms with Crippen LogP contribution in [0.3, 0.4) is 0 Å². The number of rotatable bonds is 3. The molecule has 3 heterocycles. The van der Waals surface area contributed by atoms with E-state index in [1.807, 2.05) is 18.2 Å². The SMILES string of the molecule is Cl.O=C(CCc1ccc2c(c1)OCCO2)N1CCC2(CCNC2)CC1. The van der Waals surface area contributed by atoms with Crippen LogP contribution in [0.5, 0.6) is 11.5 Å². The van der Waals surface area contributed by atoms with E-state index in [0.29, 0.717) is 25.0 Å². The van der Waals surface area contributed by atoms with Crippen LogP contribution in [-0.4, -0.2) is 50.2 Å². The summed E-state index contributed by atoms with van der Waals surface area (Å²) in [6, 6.07) is 6.00. The zero-order valence-electron chi connectivity index (χ0n) is 14.6. The van der Waals surface area contributed by atoms with Gasteiger partial charge >= 0.3 is 0 Å². The van der Waals surface area contributed by atoms with Gasteiger partial charge in [-0.2, -0.15) is 0 Å². The monoisotopic (exact) mass is 366 g/mol. The number of benzene rings is 1. The summed E-state index contributed by atoms with van der Waals surface area (Å²) in [5, 5.41) is 3.47. The first-order chi connectivity index (χ1) is 11.7. The Hall–Kier alpha value is -1.46. The highest BCUT2D eigenvalue weighted by atomic mass is 35.5. The van der Waals surface area contributed by atoms with E-state index in [1.165, 1.54) is 6.42 Å². The molecule has 2 fully saturated rings. The number of piperidine rings is 1. The highest BCUT2D eigenvalue weighted by Gasteiger charge is 2.37. The molecule has 1 aromatic carbocycles. The van der Waals surface area contributed by atoms with Gasteiger partial charge in [-0.1, -0.05) is 6.07 Å². The fourth-order valence-electron chi connectivity index (χ4n) is 4.11. The van der Waals surface area contributed by atoms with Gasteiger partial charge in [0.05, 0.1) is 0 Å². The summed E-state index contributed by atoms with van der Waals surface area (Å²) in [5.41, 5.74) is 1.60. The van der Waals surface area contributed by atoms with Crippen LogP contribution in [0.25, 0.3) is 0 Å².